The first-order valence-electron chi connectivity index (χ1n) is 3.59. The molecule has 0 aromatic heterocycles. The van der Waals surface area contributed by atoms with Gasteiger partial charge in [0.25, 0.3) is 0 Å². The van der Waals surface area contributed by atoms with Gasteiger partial charge in [-0.2, -0.15) is 0 Å². The highest BCUT2D eigenvalue weighted by atomic mass is 19.4. The molecule has 0 heterocycles. The highest BCUT2D eigenvalue weighted by Crippen LogP contribution is 2.29. The van der Waals surface area contributed by atoms with Crippen LogP contribution in [0.25, 0.3) is 0 Å². The highest BCUT2D eigenvalue weighted by molar-refractivity contribution is 5.90. The fourth-order valence-electron chi connectivity index (χ4n) is 0.897. The molecular weight excluding hydrogens is 220 g/mol. The van der Waals surface area contributed by atoms with E-state index in [1.165, 1.54) is 0 Å². The van der Waals surface area contributed by atoms with E-state index in [2.05, 4.69) is 4.74 Å². The topological polar surface area (TPSA) is 46.5 Å². The minimum absolute atomic E-state index is 0.674. The molecule has 0 aliphatic heterocycles. The predicted octanol–water partition coefficient (Wildman–Crippen LogP) is 2.42. The van der Waals surface area contributed by atoms with Crippen LogP contribution in [0, 0.1) is 5.82 Å². The maximum atomic E-state index is 12.9. The normalized spacial score (nSPS) is 11.2. The number of hydrogen-bond acceptors (Lipinski definition) is 2. The van der Waals surface area contributed by atoms with Gasteiger partial charge in [0.1, 0.15) is 5.56 Å². The molecule has 1 rings (SSSR count). The van der Waals surface area contributed by atoms with Crippen molar-refractivity contribution in [3.8, 4) is 5.75 Å². The predicted molar refractivity (Wildman–Crippen MR) is 40.0 cm³/mol. The van der Waals surface area contributed by atoms with Crippen LogP contribution in [0.4, 0.5) is 17.6 Å². The van der Waals surface area contributed by atoms with Crippen molar-refractivity contribution in [2.24, 2.45) is 0 Å². The summed E-state index contributed by atoms with van der Waals surface area (Å²) < 4.78 is 51.5. The van der Waals surface area contributed by atoms with Crippen LogP contribution in [0.2, 0.25) is 0 Å². The molecule has 15 heavy (non-hydrogen) atoms. The van der Waals surface area contributed by atoms with Crippen LogP contribution in [0.1, 0.15) is 10.4 Å². The standard InChI is InChI=1S/C8H4F4O3/c9-5-3-1-2-4(7(13)14)6(5)15-8(10,11)12/h1-3H,(H,13,14). The minimum atomic E-state index is -5.13. The fraction of sp³-hybridized carbons (Fsp3) is 0.125. The Balaban J connectivity index is 3.19. The lowest BCUT2D eigenvalue weighted by atomic mass is 10.2. The van der Waals surface area contributed by atoms with Crippen molar-refractivity contribution < 1.29 is 32.2 Å². The van der Waals surface area contributed by atoms with Crippen LogP contribution >= 0.6 is 0 Å². The van der Waals surface area contributed by atoms with Gasteiger partial charge >= 0.3 is 12.3 Å². The molecular formula is C8H4F4O3. The lowest BCUT2D eigenvalue weighted by Gasteiger charge is -2.11. The molecule has 7 heteroatoms. The molecule has 0 spiro atoms. The monoisotopic (exact) mass is 224 g/mol. The lowest BCUT2D eigenvalue weighted by Crippen LogP contribution is -2.20. The van der Waals surface area contributed by atoms with Crippen molar-refractivity contribution in [2.75, 3.05) is 0 Å². The first-order chi connectivity index (χ1) is 6.81. The number of carbonyl (C=O) groups is 1. The van der Waals surface area contributed by atoms with Crippen molar-refractivity contribution in [1.82, 2.24) is 0 Å². The Labute approximate surface area is 80.9 Å². The van der Waals surface area contributed by atoms with Crippen LogP contribution in [0.15, 0.2) is 18.2 Å². The molecule has 0 bridgehead atoms. The van der Waals surface area contributed by atoms with Gasteiger partial charge in [-0.3, -0.25) is 0 Å². The zero-order chi connectivity index (χ0) is 11.6. The Morgan fingerprint density at radius 3 is 2.40 bits per heavy atom. The molecule has 0 aliphatic rings. The van der Waals surface area contributed by atoms with Crippen LogP contribution < -0.4 is 4.74 Å². The summed E-state index contributed by atoms with van der Waals surface area (Å²) in [5.74, 6) is -4.42. The van der Waals surface area contributed by atoms with E-state index in [0.29, 0.717) is 6.07 Å². The Bertz CT molecular complexity index is 386. The van der Waals surface area contributed by atoms with Crippen molar-refractivity contribution in [2.45, 2.75) is 6.36 Å². The summed E-state index contributed by atoms with van der Waals surface area (Å²) >= 11 is 0. The van der Waals surface area contributed by atoms with E-state index in [4.69, 9.17) is 5.11 Å². The van der Waals surface area contributed by atoms with Gasteiger partial charge in [0.2, 0.25) is 0 Å². The van der Waals surface area contributed by atoms with E-state index in [-0.39, 0.29) is 0 Å². The summed E-state index contributed by atoms with van der Waals surface area (Å²) in [6.45, 7) is 0. The molecule has 0 aliphatic carbocycles. The maximum Gasteiger partial charge on any atom is 0.573 e. The molecule has 82 valence electrons. The zero-order valence-corrected chi connectivity index (χ0v) is 7.01. The number of benzene rings is 1. The quantitative estimate of drug-likeness (QED) is 0.784. The van der Waals surface area contributed by atoms with Gasteiger partial charge in [-0.05, 0) is 12.1 Å². The lowest BCUT2D eigenvalue weighted by molar-refractivity contribution is -0.275. The van der Waals surface area contributed by atoms with Gasteiger partial charge in [-0.1, -0.05) is 6.07 Å². The Morgan fingerprint density at radius 1 is 1.33 bits per heavy atom. The molecule has 1 aromatic rings. The molecule has 1 N–H and O–H groups in total. The van der Waals surface area contributed by atoms with Gasteiger partial charge in [0, 0.05) is 0 Å². The van der Waals surface area contributed by atoms with E-state index < -0.39 is 29.5 Å². The Hall–Kier alpha value is -1.79. The van der Waals surface area contributed by atoms with Gasteiger partial charge < -0.3 is 9.84 Å². The van der Waals surface area contributed by atoms with E-state index >= 15 is 0 Å². The molecule has 0 fully saturated rings. The second-order valence-corrected chi connectivity index (χ2v) is 2.47. The second kappa shape index (κ2) is 3.76. The number of para-hydroxylation sites is 1. The smallest absolute Gasteiger partial charge is 0.478 e. The highest BCUT2D eigenvalue weighted by Gasteiger charge is 2.34. The largest absolute Gasteiger partial charge is 0.573 e. The van der Waals surface area contributed by atoms with Gasteiger partial charge in [0.15, 0.2) is 11.6 Å². The molecule has 0 amide bonds. The Kier molecular flexibility index (Phi) is 2.83. The average molecular weight is 224 g/mol. The summed E-state index contributed by atoms with van der Waals surface area (Å²) in [5, 5.41) is 8.47. The molecule has 0 radical (unpaired) electrons. The molecule has 1 aromatic carbocycles. The minimum Gasteiger partial charge on any atom is -0.478 e. The third-order valence-electron chi connectivity index (χ3n) is 1.42. The van der Waals surface area contributed by atoms with Crippen LogP contribution in [-0.2, 0) is 0 Å². The molecule has 3 nitrogen and oxygen atoms in total. The van der Waals surface area contributed by atoms with Gasteiger partial charge in [-0.15, -0.1) is 13.2 Å². The first-order valence-corrected chi connectivity index (χ1v) is 3.59. The average Bonchev–Trinajstić information content (AvgIpc) is 2.05. The second-order valence-electron chi connectivity index (χ2n) is 2.47. The number of ether oxygens (including phenoxy) is 1. The number of carboxylic acid groups (broad SMARTS) is 1. The van der Waals surface area contributed by atoms with Gasteiger partial charge in [-0.25, -0.2) is 9.18 Å². The third kappa shape index (κ3) is 2.83. The zero-order valence-electron chi connectivity index (χ0n) is 7.01. The van der Waals surface area contributed by atoms with E-state index in [1.54, 1.807) is 0 Å². The van der Waals surface area contributed by atoms with Crippen LogP contribution in [0.5, 0.6) is 5.75 Å². The number of hydrogen-bond donors (Lipinski definition) is 1. The summed E-state index contributed by atoms with van der Waals surface area (Å²) in [5.41, 5.74) is -0.882. The number of rotatable bonds is 2. The van der Waals surface area contributed by atoms with E-state index in [1.807, 2.05) is 0 Å². The van der Waals surface area contributed by atoms with Crippen molar-refractivity contribution in [3.05, 3.63) is 29.6 Å². The van der Waals surface area contributed by atoms with Crippen molar-refractivity contribution >= 4 is 5.97 Å². The third-order valence-corrected chi connectivity index (χ3v) is 1.42. The molecule has 0 unspecified atom stereocenters. The summed E-state index contributed by atoms with van der Waals surface area (Å²) in [7, 11) is 0. The van der Waals surface area contributed by atoms with Crippen LogP contribution in [-0.4, -0.2) is 17.4 Å². The molecule has 0 atom stereocenters. The number of halogens is 4. The SMILES string of the molecule is O=C(O)c1cccc(F)c1OC(F)(F)F. The Morgan fingerprint density at radius 2 is 1.93 bits per heavy atom. The van der Waals surface area contributed by atoms with Crippen molar-refractivity contribution in [3.63, 3.8) is 0 Å². The summed E-state index contributed by atoms with van der Waals surface area (Å²) in [6, 6.07) is 2.46. The van der Waals surface area contributed by atoms with E-state index in [0.717, 1.165) is 12.1 Å². The number of carboxylic acids is 1. The van der Waals surface area contributed by atoms with E-state index in [9.17, 15) is 22.4 Å². The number of alkyl halides is 3. The maximum absolute atomic E-state index is 12.9. The number of aromatic carboxylic acids is 1. The summed E-state index contributed by atoms with van der Waals surface area (Å²) in [6.07, 6.45) is -5.13. The van der Waals surface area contributed by atoms with Gasteiger partial charge in [0.05, 0.1) is 0 Å². The van der Waals surface area contributed by atoms with Crippen LogP contribution in [0.3, 0.4) is 0 Å². The first kappa shape index (κ1) is 11.3. The van der Waals surface area contributed by atoms with Crippen molar-refractivity contribution in [1.29, 1.82) is 0 Å². The fourth-order valence-corrected chi connectivity index (χ4v) is 0.897. The summed E-state index contributed by atoms with van der Waals surface area (Å²) in [4.78, 5) is 10.4. The molecule has 0 saturated heterocycles. The molecule has 0 saturated carbocycles.